The molecule has 2 aromatic heterocycles. The number of nitrogens with zero attached hydrogens (tertiary/aromatic N) is 1. The molecule has 2 N–H and O–H groups in total. The van der Waals surface area contributed by atoms with Gasteiger partial charge < -0.3 is 15.2 Å². The first-order valence-corrected chi connectivity index (χ1v) is 8.59. The number of hydrogen-bond donors (Lipinski definition) is 2. The largest absolute Gasteiger partial charge is 0.349 e. The number of carbonyl (C=O) groups is 1. The van der Waals surface area contributed by atoms with Gasteiger partial charge in [0.15, 0.2) is 0 Å². The molecule has 124 valence electrons. The smallest absolute Gasteiger partial charge is 0.267 e. The van der Waals surface area contributed by atoms with Crippen molar-refractivity contribution in [1.82, 2.24) is 15.2 Å². The molecule has 5 nitrogen and oxygen atoms in total. The maximum absolute atomic E-state index is 12.4. The van der Waals surface area contributed by atoms with Crippen molar-refractivity contribution in [3.63, 3.8) is 0 Å². The van der Waals surface area contributed by atoms with E-state index in [2.05, 4.69) is 26.6 Å². The van der Waals surface area contributed by atoms with Gasteiger partial charge in [0.1, 0.15) is 5.69 Å². The molecule has 1 aromatic carbocycles. The number of pyridine rings is 1. The van der Waals surface area contributed by atoms with E-state index >= 15 is 0 Å². The Morgan fingerprint density at radius 1 is 1.29 bits per heavy atom. The molecule has 0 aliphatic heterocycles. The Bertz CT molecular complexity index is 900. The third-order valence-electron chi connectivity index (χ3n) is 4.01. The van der Waals surface area contributed by atoms with Gasteiger partial charge in [-0.25, -0.2) is 0 Å². The molecule has 24 heavy (non-hydrogen) atoms. The molecule has 6 heteroatoms. The lowest BCUT2D eigenvalue weighted by molar-refractivity contribution is 0.0937. The lowest BCUT2D eigenvalue weighted by Crippen LogP contribution is -2.35. The molecule has 3 aromatic rings. The van der Waals surface area contributed by atoms with Gasteiger partial charge in [-0.1, -0.05) is 18.2 Å². The van der Waals surface area contributed by atoms with Crippen molar-refractivity contribution in [2.45, 2.75) is 6.04 Å². The molecule has 0 bridgehead atoms. The van der Waals surface area contributed by atoms with Crippen LogP contribution in [0.2, 0.25) is 0 Å². The maximum atomic E-state index is 12.4. The summed E-state index contributed by atoms with van der Waals surface area (Å²) in [5.41, 5.74) is 1.19. The van der Waals surface area contributed by atoms with Gasteiger partial charge in [-0.2, -0.15) is 11.3 Å². The molecular weight excluding hydrogens is 322 g/mol. The fourth-order valence-electron chi connectivity index (χ4n) is 2.68. The average Bonchev–Trinajstić information content (AvgIpc) is 3.08. The van der Waals surface area contributed by atoms with Crippen LogP contribution in [0.1, 0.15) is 22.1 Å². The van der Waals surface area contributed by atoms with Crippen LogP contribution in [0.15, 0.2) is 52.0 Å². The van der Waals surface area contributed by atoms with Crippen LogP contribution in [0, 0.1) is 0 Å². The first kappa shape index (κ1) is 16.4. The molecule has 0 unspecified atom stereocenters. The van der Waals surface area contributed by atoms with Crippen molar-refractivity contribution in [2.75, 3.05) is 20.6 Å². The average molecular weight is 341 g/mol. The van der Waals surface area contributed by atoms with Crippen LogP contribution in [0.3, 0.4) is 0 Å². The highest BCUT2D eigenvalue weighted by Crippen LogP contribution is 2.20. The first-order chi connectivity index (χ1) is 11.6. The van der Waals surface area contributed by atoms with Gasteiger partial charge in [0.05, 0.1) is 6.04 Å². The normalized spacial score (nSPS) is 12.5. The number of rotatable bonds is 5. The highest BCUT2D eigenvalue weighted by molar-refractivity contribution is 7.07. The van der Waals surface area contributed by atoms with Gasteiger partial charge >= 0.3 is 0 Å². The number of carbonyl (C=O) groups excluding carboxylic acids is 1. The summed E-state index contributed by atoms with van der Waals surface area (Å²) in [5, 5.41) is 8.35. The summed E-state index contributed by atoms with van der Waals surface area (Å²) in [4.78, 5) is 29.3. The van der Waals surface area contributed by atoms with E-state index in [1.807, 2.05) is 31.6 Å². The Kier molecular flexibility index (Phi) is 4.78. The molecule has 0 saturated carbocycles. The summed E-state index contributed by atoms with van der Waals surface area (Å²) in [7, 11) is 3.96. The second-order valence-corrected chi connectivity index (χ2v) is 6.63. The van der Waals surface area contributed by atoms with Gasteiger partial charge in [-0.05, 0) is 54.0 Å². The number of aromatic amines is 1. The van der Waals surface area contributed by atoms with Crippen molar-refractivity contribution >= 4 is 28.0 Å². The number of nitrogens with one attached hydrogen (secondary N) is 2. The lowest BCUT2D eigenvalue weighted by Gasteiger charge is -2.24. The Morgan fingerprint density at radius 3 is 2.79 bits per heavy atom. The van der Waals surface area contributed by atoms with E-state index in [0.717, 1.165) is 10.9 Å². The highest BCUT2D eigenvalue weighted by Gasteiger charge is 2.17. The number of benzene rings is 1. The molecule has 0 fully saturated rings. The monoisotopic (exact) mass is 341 g/mol. The van der Waals surface area contributed by atoms with E-state index in [-0.39, 0.29) is 23.2 Å². The van der Waals surface area contributed by atoms with Crippen molar-refractivity contribution in [1.29, 1.82) is 0 Å². The number of H-pyrrole nitrogens is 1. The van der Waals surface area contributed by atoms with Crippen molar-refractivity contribution < 1.29 is 4.79 Å². The molecule has 0 spiro atoms. The molecule has 0 aliphatic rings. The van der Waals surface area contributed by atoms with Crippen LogP contribution in [0.25, 0.3) is 10.8 Å². The van der Waals surface area contributed by atoms with Crippen LogP contribution >= 0.6 is 11.3 Å². The molecule has 0 aliphatic carbocycles. The van der Waals surface area contributed by atoms with Crippen LogP contribution in [-0.4, -0.2) is 36.4 Å². The lowest BCUT2D eigenvalue weighted by atomic mass is 10.1. The summed E-state index contributed by atoms with van der Waals surface area (Å²) in [5.74, 6) is -0.278. The number of hydrogen-bond acceptors (Lipinski definition) is 4. The Labute approximate surface area is 143 Å². The SMILES string of the molecule is CN(C)[C@H](CNC(=O)c1cc2ccccc2c(=O)[nH]1)c1ccsc1. The van der Waals surface area contributed by atoms with E-state index in [0.29, 0.717) is 11.9 Å². The summed E-state index contributed by atoms with van der Waals surface area (Å²) in [6, 6.07) is 11.1. The fourth-order valence-corrected chi connectivity index (χ4v) is 3.39. The summed E-state index contributed by atoms with van der Waals surface area (Å²) in [6.45, 7) is 0.470. The van der Waals surface area contributed by atoms with E-state index in [9.17, 15) is 9.59 Å². The maximum Gasteiger partial charge on any atom is 0.267 e. The van der Waals surface area contributed by atoms with Crippen LogP contribution in [-0.2, 0) is 0 Å². The standard InChI is InChI=1S/C18H19N3O2S/c1-21(2)16(13-7-8-24-11-13)10-19-18(23)15-9-12-5-3-4-6-14(12)17(22)20-15/h3-9,11,16H,10H2,1-2H3,(H,19,23)(H,20,22)/t16-/m1/s1. The quantitative estimate of drug-likeness (QED) is 0.750. The molecule has 2 heterocycles. The number of amides is 1. The Morgan fingerprint density at radius 2 is 2.08 bits per heavy atom. The molecule has 3 rings (SSSR count). The Hall–Kier alpha value is -2.44. The predicted molar refractivity (Wildman–Crippen MR) is 97.6 cm³/mol. The summed E-state index contributed by atoms with van der Waals surface area (Å²) < 4.78 is 0. The van der Waals surface area contributed by atoms with Crippen LogP contribution in [0.4, 0.5) is 0 Å². The number of aromatic nitrogens is 1. The van der Waals surface area contributed by atoms with E-state index in [1.165, 1.54) is 0 Å². The first-order valence-electron chi connectivity index (χ1n) is 7.65. The summed E-state index contributed by atoms with van der Waals surface area (Å²) >= 11 is 1.63. The van der Waals surface area contributed by atoms with Crippen molar-refractivity contribution in [3.8, 4) is 0 Å². The van der Waals surface area contributed by atoms with Crippen molar-refractivity contribution in [2.24, 2.45) is 0 Å². The van der Waals surface area contributed by atoms with Gasteiger partial charge in [-0.15, -0.1) is 0 Å². The second kappa shape index (κ2) is 6.98. The van der Waals surface area contributed by atoms with E-state index in [4.69, 9.17) is 0 Å². The minimum Gasteiger partial charge on any atom is -0.349 e. The molecular formula is C18H19N3O2S. The van der Waals surface area contributed by atoms with Crippen LogP contribution < -0.4 is 10.9 Å². The zero-order valence-electron chi connectivity index (χ0n) is 13.6. The molecule has 1 atom stereocenters. The fraction of sp³-hybridized carbons (Fsp3) is 0.222. The van der Waals surface area contributed by atoms with Crippen LogP contribution in [0.5, 0.6) is 0 Å². The van der Waals surface area contributed by atoms with Gasteiger partial charge in [0.2, 0.25) is 0 Å². The highest BCUT2D eigenvalue weighted by atomic mass is 32.1. The van der Waals surface area contributed by atoms with Gasteiger partial charge in [0, 0.05) is 11.9 Å². The third-order valence-corrected chi connectivity index (χ3v) is 4.71. The number of fused-ring (bicyclic) bond motifs is 1. The minimum atomic E-state index is -0.278. The van der Waals surface area contributed by atoms with Gasteiger partial charge in [0.25, 0.3) is 11.5 Å². The molecule has 0 radical (unpaired) electrons. The molecule has 1 amide bonds. The predicted octanol–water partition coefficient (Wildman–Crippen LogP) is 2.62. The van der Waals surface area contributed by atoms with E-state index < -0.39 is 0 Å². The minimum absolute atomic E-state index is 0.0902. The zero-order valence-corrected chi connectivity index (χ0v) is 14.4. The zero-order chi connectivity index (χ0) is 17.1. The number of thiophene rings is 1. The summed E-state index contributed by atoms with van der Waals surface area (Å²) in [6.07, 6.45) is 0. The van der Waals surface area contributed by atoms with Crippen molar-refractivity contribution in [3.05, 3.63) is 68.8 Å². The second-order valence-electron chi connectivity index (χ2n) is 5.85. The van der Waals surface area contributed by atoms with E-state index in [1.54, 1.807) is 29.5 Å². The topological polar surface area (TPSA) is 65.2 Å². The Balaban J connectivity index is 1.79. The molecule has 0 saturated heterocycles. The number of likely N-dealkylation sites (N-methyl/N-ethyl adjacent to an activating group) is 1. The third kappa shape index (κ3) is 3.39. The van der Waals surface area contributed by atoms with Gasteiger partial charge in [-0.3, -0.25) is 9.59 Å².